The van der Waals surface area contributed by atoms with E-state index in [0.717, 1.165) is 16.2 Å². The molecule has 0 aliphatic carbocycles. The first-order chi connectivity index (χ1) is 12.8. The monoisotopic (exact) mass is 362 g/mol. The fourth-order valence-electron chi connectivity index (χ4n) is 3.06. The third-order valence-corrected chi connectivity index (χ3v) is 5.65. The van der Waals surface area contributed by atoms with E-state index in [-0.39, 0.29) is 17.1 Å². The number of hydrogen-bond acceptors (Lipinski definition) is 4. The largest absolute Gasteiger partial charge is 0.497 e. The zero-order valence-electron chi connectivity index (χ0n) is 14.3. The van der Waals surface area contributed by atoms with Crippen LogP contribution in [0.2, 0.25) is 0 Å². The topological polar surface area (TPSA) is 35.5 Å². The van der Waals surface area contributed by atoms with Gasteiger partial charge >= 0.3 is 0 Å². The summed E-state index contributed by atoms with van der Waals surface area (Å²) in [7, 11) is 1.64. The molecule has 2 unspecified atom stereocenters. The second-order valence-corrected chi connectivity index (χ2v) is 7.24. The van der Waals surface area contributed by atoms with Crippen molar-refractivity contribution in [3.8, 4) is 11.5 Å². The van der Waals surface area contributed by atoms with Gasteiger partial charge in [-0.05, 0) is 42.0 Å². The summed E-state index contributed by atoms with van der Waals surface area (Å²) >= 11 is 1.54. The maximum atomic E-state index is 13.2. The van der Waals surface area contributed by atoms with Gasteiger partial charge in [-0.15, -0.1) is 11.8 Å². The molecule has 0 spiro atoms. The predicted octanol–water partition coefficient (Wildman–Crippen LogP) is 5.17. The van der Waals surface area contributed by atoms with Gasteiger partial charge in [0, 0.05) is 4.90 Å². The van der Waals surface area contributed by atoms with Gasteiger partial charge in [0.25, 0.3) is 0 Å². The van der Waals surface area contributed by atoms with Crippen molar-refractivity contribution in [2.75, 3.05) is 7.11 Å². The lowest BCUT2D eigenvalue weighted by Crippen LogP contribution is -2.34. The van der Waals surface area contributed by atoms with E-state index in [9.17, 15) is 4.79 Å². The molecular formula is C22H18O3S. The molecule has 3 aromatic carbocycles. The lowest BCUT2D eigenvalue weighted by Gasteiger charge is -2.32. The van der Waals surface area contributed by atoms with Crippen molar-refractivity contribution < 1.29 is 14.3 Å². The van der Waals surface area contributed by atoms with Crippen molar-refractivity contribution in [2.45, 2.75) is 16.2 Å². The van der Waals surface area contributed by atoms with Crippen molar-refractivity contribution in [3.63, 3.8) is 0 Å². The summed E-state index contributed by atoms with van der Waals surface area (Å²) in [5, 5.41) is -0.347. The molecule has 1 heterocycles. The summed E-state index contributed by atoms with van der Waals surface area (Å²) in [5.74, 6) is 1.52. The molecule has 26 heavy (non-hydrogen) atoms. The Morgan fingerprint density at radius 2 is 1.58 bits per heavy atom. The molecule has 1 aliphatic rings. The summed E-state index contributed by atoms with van der Waals surface area (Å²) in [5.41, 5.74) is 1.60. The first-order valence-corrected chi connectivity index (χ1v) is 9.30. The van der Waals surface area contributed by atoms with E-state index in [0.29, 0.717) is 11.3 Å². The number of Topliss-reactive ketones (excluding diaryl/α,β-unsaturated/α-hetero) is 1. The number of carbonyl (C=O) groups excluding carboxylic acids is 1. The number of hydrogen-bond donors (Lipinski definition) is 0. The highest BCUT2D eigenvalue weighted by molar-refractivity contribution is 8.00. The summed E-state index contributed by atoms with van der Waals surface area (Å²) in [6.45, 7) is 0. The molecular weight excluding hydrogens is 344 g/mol. The minimum atomic E-state index is -0.353. The average Bonchev–Trinajstić information content (AvgIpc) is 2.71. The van der Waals surface area contributed by atoms with E-state index in [2.05, 4.69) is 0 Å². The normalized spacial score (nSPS) is 18.7. The molecule has 3 nitrogen and oxygen atoms in total. The van der Waals surface area contributed by atoms with E-state index in [1.165, 1.54) is 0 Å². The van der Waals surface area contributed by atoms with Crippen LogP contribution in [0.25, 0.3) is 0 Å². The van der Waals surface area contributed by atoms with Crippen molar-refractivity contribution >= 4 is 17.5 Å². The zero-order chi connectivity index (χ0) is 17.9. The Balaban J connectivity index is 1.73. The first-order valence-electron chi connectivity index (χ1n) is 8.42. The van der Waals surface area contributed by atoms with E-state index in [1.807, 2.05) is 78.9 Å². The van der Waals surface area contributed by atoms with Crippen LogP contribution < -0.4 is 9.47 Å². The second kappa shape index (κ2) is 7.26. The molecule has 0 bridgehead atoms. The number of thioether (sulfide) groups is 1. The van der Waals surface area contributed by atoms with Crippen LogP contribution in [0, 0.1) is 0 Å². The lowest BCUT2D eigenvalue weighted by molar-refractivity contribution is 0.0867. The SMILES string of the molecule is COc1ccc(C2Oc3ccccc3C(=O)C2Sc2ccccc2)cc1. The van der Waals surface area contributed by atoms with Crippen molar-refractivity contribution in [1.82, 2.24) is 0 Å². The van der Waals surface area contributed by atoms with Gasteiger partial charge in [-0.2, -0.15) is 0 Å². The number of ketones is 1. The van der Waals surface area contributed by atoms with Gasteiger partial charge in [0.15, 0.2) is 5.78 Å². The highest BCUT2D eigenvalue weighted by Gasteiger charge is 2.38. The van der Waals surface area contributed by atoms with Crippen LogP contribution in [0.3, 0.4) is 0 Å². The second-order valence-electron chi connectivity index (χ2n) is 6.02. The summed E-state index contributed by atoms with van der Waals surface area (Å²) in [6, 6.07) is 25.1. The number of fused-ring (bicyclic) bond motifs is 1. The maximum absolute atomic E-state index is 13.2. The van der Waals surface area contributed by atoms with Gasteiger partial charge < -0.3 is 9.47 Å². The third-order valence-electron chi connectivity index (χ3n) is 4.39. The number of ether oxygens (including phenoxy) is 2. The summed E-state index contributed by atoms with van der Waals surface area (Å²) < 4.78 is 11.5. The van der Waals surface area contributed by atoms with Crippen LogP contribution >= 0.6 is 11.8 Å². The van der Waals surface area contributed by atoms with E-state index < -0.39 is 0 Å². The fourth-order valence-corrected chi connectivity index (χ4v) is 4.24. The third kappa shape index (κ3) is 3.20. The Morgan fingerprint density at radius 3 is 2.31 bits per heavy atom. The quantitative estimate of drug-likeness (QED) is 0.641. The Morgan fingerprint density at radius 1 is 0.885 bits per heavy atom. The molecule has 4 heteroatoms. The van der Waals surface area contributed by atoms with Gasteiger partial charge in [0.2, 0.25) is 0 Å². The molecule has 3 aromatic rings. The molecule has 0 saturated heterocycles. The van der Waals surface area contributed by atoms with Gasteiger partial charge in [0.05, 0.1) is 12.7 Å². The Hall–Kier alpha value is -2.72. The molecule has 2 atom stereocenters. The van der Waals surface area contributed by atoms with Crippen LogP contribution in [-0.4, -0.2) is 18.1 Å². The van der Waals surface area contributed by atoms with Gasteiger partial charge in [0.1, 0.15) is 22.9 Å². The summed E-state index contributed by atoms with van der Waals surface area (Å²) in [6.07, 6.45) is -0.353. The highest BCUT2D eigenvalue weighted by atomic mass is 32.2. The highest BCUT2D eigenvalue weighted by Crippen LogP contribution is 2.43. The minimum Gasteiger partial charge on any atom is -0.497 e. The number of rotatable bonds is 4. The van der Waals surface area contributed by atoms with E-state index in [4.69, 9.17) is 9.47 Å². The minimum absolute atomic E-state index is 0.0986. The first kappa shape index (κ1) is 16.7. The number of carbonyl (C=O) groups is 1. The maximum Gasteiger partial charge on any atom is 0.184 e. The molecule has 0 radical (unpaired) electrons. The van der Waals surface area contributed by atoms with Gasteiger partial charge in [-0.25, -0.2) is 0 Å². The molecule has 0 saturated carbocycles. The fraction of sp³-hybridized carbons (Fsp3) is 0.136. The molecule has 0 aromatic heterocycles. The Kier molecular flexibility index (Phi) is 4.67. The van der Waals surface area contributed by atoms with Crippen LogP contribution in [0.1, 0.15) is 22.0 Å². The van der Waals surface area contributed by atoms with Crippen molar-refractivity contribution in [3.05, 3.63) is 90.0 Å². The van der Waals surface area contributed by atoms with Crippen LogP contribution in [0.15, 0.2) is 83.8 Å². The van der Waals surface area contributed by atoms with Crippen molar-refractivity contribution in [1.29, 1.82) is 0 Å². The average molecular weight is 362 g/mol. The summed E-state index contributed by atoms with van der Waals surface area (Å²) in [4.78, 5) is 14.3. The van der Waals surface area contributed by atoms with Crippen LogP contribution in [-0.2, 0) is 0 Å². The Bertz CT molecular complexity index is 906. The van der Waals surface area contributed by atoms with Gasteiger partial charge in [-0.1, -0.05) is 42.5 Å². The lowest BCUT2D eigenvalue weighted by atomic mass is 9.95. The molecule has 1 aliphatic heterocycles. The number of para-hydroxylation sites is 1. The predicted molar refractivity (Wildman–Crippen MR) is 103 cm³/mol. The Labute approximate surface area is 157 Å². The zero-order valence-corrected chi connectivity index (χ0v) is 15.1. The van der Waals surface area contributed by atoms with E-state index in [1.54, 1.807) is 18.9 Å². The molecule has 0 N–H and O–H groups in total. The molecule has 4 rings (SSSR count). The smallest absolute Gasteiger partial charge is 0.184 e. The standard InChI is InChI=1S/C22H18O3S/c1-24-16-13-11-15(12-14-16)21-22(26-17-7-3-2-4-8-17)20(23)18-9-5-6-10-19(18)25-21/h2-14,21-22H,1H3. The van der Waals surface area contributed by atoms with Crippen LogP contribution in [0.5, 0.6) is 11.5 Å². The molecule has 130 valence electrons. The van der Waals surface area contributed by atoms with E-state index >= 15 is 0 Å². The molecule has 0 amide bonds. The van der Waals surface area contributed by atoms with Crippen molar-refractivity contribution in [2.24, 2.45) is 0 Å². The number of methoxy groups -OCH3 is 1. The molecule has 0 fully saturated rings. The van der Waals surface area contributed by atoms with Crippen LogP contribution in [0.4, 0.5) is 0 Å². The number of benzene rings is 3. The van der Waals surface area contributed by atoms with Gasteiger partial charge in [-0.3, -0.25) is 4.79 Å².